The number of nitrogens with zero attached hydrogens (tertiary/aromatic N) is 2. The van der Waals surface area contributed by atoms with Crippen molar-refractivity contribution in [3.05, 3.63) is 10.5 Å². The highest BCUT2D eigenvalue weighted by molar-refractivity contribution is 7.11. The molecule has 0 atom stereocenters. The Labute approximate surface area is 77.4 Å². The molecule has 1 N–H and O–H groups in total. The first-order valence-corrected chi connectivity index (χ1v) is 4.17. The van der Waals surface area contributed by atoms with E-state index in [0.29, 0.717) is 0 Å². The van der Waals surface area contributed by atoms with Crippen LogP contribution in [0.5, 0.6) is 0 Å². The molecule has 0 aliphatic heterocycles. The predicted molar refractivity (Wildman–Crippen MR) is 47.0 cm³/mol. The maximum atomic E-state index is 11.0. The van der Waals surface area contributed by atoms with Gasteiger partial charge >= 0.3 is 5.69 Å². The number of carbonyl (C=O) groups is 2. The number of carbonyl (C=O) groups excluding carboxylic acids is 2. The Bertz CT molecular complexity index is 406. The van der Waals surface area contributed by atoms with Crippen molar-refractivity contribution in [1.82, 2.24) is 8.94 Å². The second-order valence-electron chi connectivity index (χ2n) is 2.29. The molecule has 1 aromatic rings. The topological polar surface area (TPSA) is 81.1 Å². The van der Waals surface area contributed by atoms with Crippen molar-refractivity contribution in [2.24, 2.45) is 0 Å². The van der Waals surface area contributed by atoms with Gasteiger partial charge in [0.05, 0.1) is 0 Å². The lowest BCUT2D eigenvalue weighted by Crippen LogP contribution is -2.19. The molecule has 0 aliphatic carbocycles. The molecule has 0 bridgehead atoms. The average molecular weight is 201 g/mol. The number of anilines is 1. The van der Waals surface area contributed by atoms with Crippen LogP contribution >= 0.6 is 11.5 Å². The summed E-state index contributed by atoms with van der Waals surface area (Å²) >= 11 is 0.807. The van der Waals surface area contributed by atoms with E-state index in [2.05, 4.69) is 10.3 Å². The average Bonchev–Trinajstić information content (AvgIpc) is 2.29. The first-order valence-electron chi connectivity index (χ1n) is 3.39. The molecule has 1 heterocycles. The Balaban J connectivity index is 3.02. The van der Waals surface area contributed by atoms with E-state index < -0.39 is 11.6 Å². The van der Waals surface area contributed by atoms with Crippen molar-refractivity contribution in [2.75, 3.05) is 5.32 Å². The third kappa shape index (κ3) is 2.22. The molecule has 1 aromatic heterocycles. The molecule has 6 nitrogen and oxygen atoms in total. The van der Waals surface area contributed by atoms with E-state index in [1.54, 1.807) is 0 Å². The van der Waals surface area contributed by atoms with E-state index in [1.807, 2.05) is 0 Å². The minimum atomic E-state index is -0.666. The first kappa shape index (κ1) is 9.59. The molecule has 0 spiro atoms. The number of hydrogen-bond donors (Lipinski definition) is 1. The molecule has 1 rings (SSSR count). The zero-order valence-electron chi connectivity index (χ0n) is 7.03. The van der Waals surface area contributed by atoms with Crippen LogP contribution < -0.4 is 11.0 Å². The molecule has 0 aromatic carbocycles. The number of nitrogens with one attached hydrogen (secondary N) is 1. The van der Waals surface area contributed by atoms with Crippen LogP contribution in [0.25, 0.3) is 0 Å². The van der Waals surface area contributed by atoms with E-state index >= 15 is 0 Å². The molecule has 0 fully saturated rings. The van der Waals surface area contributed by atoms with Gasteiger partial charge in [0.25, 0.3) is 0 Å². The largest absolute Gasteiger partial charge is 0.366 e. The van der Waals surface area contributed by atoms with Crippen molar-refractivity contribution < 1.29 is 9.59 Å². The highest BCUT2D eigenvalue weighted by atomic mass is 32.1. The molecule has 0 radical (unpaired) electrons. The van der Waals surface area contributed by atoms with Crippen molar-refractivity contribution >= 4 is 28.5 Å². The summed E-state index contributed by atoms with van der Waals surface area (Å²) in [6.07, 6.45) is 0. The van der Waals surface area contributed by atoms with Crippen molar-refractivity contribution in [3.8, 4) is 0 Å². The Morgan fingerprint density at radius 3 is 2.46 bits per heavy atom. The Kier molecular flexibility index (Phi) is 2.57. The Morgan fingerprint density at radius 2 is 2.08 bits per heavy atom. The normalized spacial score (nSPS) is 9.69. The lowest BCUT2D eigenvalue weighted by atomic mass is 10.7. The maximum Gasteiger partial charge on any atom is 0.366 e. The number of rotatable bonds is 1. The zero-order chi connectivity index (χ0) is 10.0. The highest BCUT2D eigenvalue weighted by Crippen LogP contribution is 2.07. The Morgan fingerprint density at radius 1 is 1.46 bits per heavy atom. The minimum Gasteiger partial charge on any atom is -0.301 e. The molecule has 13 heavy (non-hydrogen) atoms. The maximum absolute atomic E-state index is 11.0. The summed E-state index contributed by atoms with van der Waals surface area (Å²) in [5.41, 5.74) is -0.666. The van der Waals surface area contributed by atoms with Gasteiger partial charge in [-0.25, -0.2) is 4.79 Å². The van der Waals surface area contributed by atoms with E-state index in [1.165, 1.54) is 13.8 Å². The second-order valence-corrected chi connectivity index (χ2v) is 3.22. The van der Waals surface area contributed by atoms with Gasteiger partial charge in [0.1, 0.15) is 0 Å². The molecule has 70 valence electrons. The van der Waals surface area contributed by atoms with Crippen LogP contribution in [0.15, 0.2) is 4.79 Å². The van der Waals surface area contributed by atoms with Gasteiger partial charge in [0, 0.05) is 13.8 Å². The van der Waals surface area contributed by atoms with Gasteiger partial charge in [-0.05, 0) is 11.5 Å². The van der Waals surface area contributed by atoms with Crippen molar-refractivity contribution in [1.29, 1.82) is 0 Å². The SMILES string of the molecule is CC(=O)Nc1nc(=O)n(C(C)=O)s1. The molecule has 1 amide bonds. The molecular weight excluding hydrogens is 194 g/mol. The fourth-order valence-electron chi connectivity index (χ4n) is 0.679. The van der Waals surface area contributed by atoms with E-state index in [-0.39, 0.29) is 11.0 Å². The monoisotopic (exact) mass is 201 g/mol. The minimum absolute atomic E-state index is 0.132. The summed E-state index contributed by atoms with van der Waals surface area (Å²) in [6.45, 7) is 2.54. The quantitative estimate of drug-likeness (QED) is 0.689. The van der Waals surface area contributed by atoms with Gasteiger partial charge in [-0.1, -0.05) is 0 Å². The molecule has 0 aliphatic rings. The summed E-state index contributed by atoms with van der Waals surface area (Å²) in [7, 11) is 0. The van der Waals surface area contributed by atoms with Crippen LogP contribution in [-0.2, 0) is 4.79 Å². The van der Waals surface area contributed by atoms with Crippen LogP contribution in [0.1, 0.15) is 18.6 Å². The lowest BCUT2D eigenvalue weighted by molar-refractivity contribution is -0.114. The van der Waals surface area contributed by atoms with E-state index in [9.17, 15) is 14.4 Å². The van der Waals surface area contributed by atoms with Crippen molar-refractivity contribution in [2.45, 2.75) is 13.8 Å². The van der Waals surface area contributed by atoms with Crippen LogP contribution in [0.4, 0.5) is 5.13 Å². The first-order chi connectivity index (χ1) is 6.00. The summed E-state index contributed by atoms with van der Waals surface area (Å²) in [6, 6.07) is 0. The summed E-state index contributed by atoms with van der Waals surface area (Å²) < 4.78 is 0.866. The molecule has 0 saturated heterocycles. The van der Waals surface area contributed by atoms with Gasteiger partial charge in [-0.2, -0.15) is 8.94 Å². The van der Waals surface area contributed by atoms with Gasteiger partial charge in [-0.15, -0.1) is 0 Å². The lowest BCUT2D eigenvalue weighted by Gasteiger charge is -1.91. The predicted octanol–water partition coefficient (Wildman–Crippen LogP) is -0.0767. The van der Waals surface area contributed by atoms with Crippen LogP contribution in [-0.4, -0.2) is 20.8 Å². The number of amides is 1. The van der Waals surface area contributed by atoms with Gasteiger partial charge in [0.15, 0.2) is 0 Å². The summed E-state index contributed by atoms with van der Waals surface area (Å²) in [5, 5.41) is 2.45. The standard InChI is InChI=1S/C6H7N3O3S/c1-3(10)7-5-8-6(12)9(13-5)4(2)11/h1-2H3,(H,7,8,10,12). The van der Waals surface area contributed by atoms with Gasteiger partial charge in [0.2, 0.25) is 16.9 Å². The molecule has 0 saturated carbocycles. The fourth-order valence-corrected chi connectivity index (χ4v) is 1.41. The van der Waals surface area contributed by atoms with Crippen LogP contribution in [0, 0.1) is 0 Å². The number of aromatic nitrogens is 2. The highest BCUT2D eigenvalue weighted by Gasteiger charge is 2.09. The zero-order valence-corrected chi connectivity index (χ0v) is 7.84. The van der Waals surface area contributed by atoms with Crippen LogP contribution in [0.2, 0.25) is 0 Å². The fraction of sp³-hybridized carbons (Fsp3) is 0.333. The molecule has 0 unspecified atom stereocenters. The third-order valence-electron chi connectivity index (χ3n) is 1.12. The Hall–Kier alpha value is -1.50. The van der Waals surface area contributed by atoms with Gasteiger partial charge < -0.3 is 5.32 Å². The van der Waals surface area contributed by atoms with E-state index in [0.717, 1.165) is 15.5 Å². The summed E-state index contributed by atoms with van der Waals surface area (Å²) in [4.78, 5) is 35.7. The second kappa shape index (κ2) is 3.48. The summed E-state index contributed by atoms with van der Waals surface area (Å²) in [5.74, 6) is -0.747. The van der Waals surface area contributed by atoms with Crippen molar-refractivity contribution in [3.63, 3.8) is 0 Å². The number of hydrogen-bond acceptors (Lipinski definition) is 5. The van der Waals surface area contributed by atoms with Gasteiger partial charge in [-0.3, -0.25) is 9.59 Å². The van der Waals surface area contributed by atoms with E-state index in [4.69, 9.17) is 0 Å². The molecular formula is C6H7N3O3S. The third-order valence-corrected chi connectivity index (χ3v) is 2.08. The smallest absolute Gasteiger partial charge is 0.301 e. The molecule has 7 heteroatoms. The van der Waals surface area contributed by atoms with Crippen LogP contribution in [0.3, 0.4) is 0 Å².